The molecule has 9 nitrogen and oxygen atoms in total. The Kier molecular flexibility index (Phi) is 11.2. The van der Waals surface area contributed by atoms with Gasteiger partial charge in [0.2, 0.25) is 5.90 Å². The van der Waals surface area contributed by atoms with Crippen molar-refractivity contribution in [3.05, 3.63) is 98.4 Å². The monoisotopic (exact) mass is 714 g/mol. The van der Waals surface area contributed by atoms with Gasteiger partial charge in [-0.15, -0.1) is 0 Å². The van der Waals surface area contributed by atoms with Crippen molar-refractivity contribution in [3.63, 3.8) is 0 Å². The van der Waals surface area contributed by atoms with Crippen LogP contribution in [0.2, 0.25) is 0 Å². The molecule has 0 aliphatic carbocycles. The van der Waals surface area contributed by atoms with Crippen LogP contribution in [0.25, 0.3) is 0 Å². The number of aliphatic hydroxyl groups is 1. The summed E-state index contributed by atoms with van der Waals surface area (Å²) in [7, 11) is 0. The molecule has 3 aromatic rings. The van der Waals surface area contributed by atoms with Gasteiger partial charge < -0.3 is 19.3 Å². The van der Waals surface area contributed by atoms with E-state index in [4.69, 9.17) is 24.3 Å². The lowest BCUT2D eigenvalue weighted by molar-refractivity contribution is -0.130. The van der Waals surface area contributed by atoms with E-state index in [-0.39, 0.29) is 12.5 Å². The van der Waals surface area contributed by atoms with Crippen molar-refractivity contribution in [1.29, 1.82) is 0 Å². The number of hydrogen-bond acceptors (Lipinski definition) is 8. The average molecular weight is 716 g/mol. The number of rotatable bonds is 13. The van der Waals surface area contributed by atoms with Crippen LogP contribution in [0.5, 0.6) is 5.75 Å². The number of benzene rings is 3. The number of hydrogen-bond donors (Lipinski definition) is 3. The number of aliphatic imine (C=N–C) groups is 1. The Bertz CT molecular complexity index is 1370. The molecule has 0 bridgehead atoms. The quantitative estimate of drug-likeness (QED) is 0.178. The highest BCUT2D eigenvalue weighted by molar-refractivity contribution is 9.10. The van der Waals surface area contributed by atoms with Crippen molar-refractivity contribution in [2.24, 2.45) is 4.99 Å². The van der Waals surface area contributed by atoms with Gasteiger partial charge in [0.25, 0.3) is 5.91 Å². The third-order valence-electron chi connectivity index (χ3n) is 7.45. The summed E-state index contributed by atoms with van der Waals surface area (Å²) in [4.78, 5) is 21.6. The number of halogens is 2. The Labute approximate surface area is 268 Å². The molecule has 0 saturated carbocycles. The zero-order chi connectivity index (χ0) is 30.1. The average Bonchev–Trinajstić information content (AvgIpc) is 3.42. The molecule has 228 valence electrons. The summed E-state index contributed by atoms with van der Waals surface area (Å²) in [6.07, 6.45) is 0.200. The smallest absolute Gasteiger partial charge is 0.266 e. The second-order valence-corrected chi connectivity index (χ2v) is 12.3. The van der Waals surface area contributed by atoms with Crippen LogP contribution in [0.15, 0.2) is 86.7 Å². The highest BCUT2D eigenvalue weighted by Crippen LogP contribution is 2.43. The molecule has 5 rings (SSSR count). The first-order valence-corrected chi connectivity index (χ1v) is 16.0. The van der Waals surface area contributed by atoms with Gasteiger partial charge in [-0.3, -0.25) is 15.1 Å². The molecule has 2 atom stereocenters. The van der Waals surface area contributed by atoms with Crippen LogP contribution in [0, 0.1) is 0 Å². The minimum atomic E-state index is -1.29. The fourth-order valence-electron chi connectivity index (χ4n) is 5.12. The Hall–Kier alpha value is -2.80. The lowest BCUT2D eigenvalue weighted by Crippen LogP contribution is -2.55. The third kappa shape index (κ3) is 8.23. The van der Waals surface area contributed by atoms with Gasteiger partial charge in [0.05, 0.1) is 19.8 Å². The lowest BCUT2D eigenvalue weighted by Gasteiger charge is -2.31. The molecule has 2 aliphatic rings. The fourth-order valence-corrected chi connectivity index (χ4v) is 5.65. The van der Waals surface area contributed by atoms with Gasteiger partial charge in [-0.25, -0.2) is 10.4 Å². The Morgan fingerprint density at radius 3 is 2.35 bits per heavy atom. The normalized spacial score (nSPS) is 20.3. The number of hydrazine groups is 1. The summed E-state index contributed by atoms with van der Waals surface area (Å²) < 4.78 is 19.6. The molecule has 11 heteroatoms. The van der Waals surface area contributed by atoms with Crippen molar-refractivity contribution >= 4 is 43.7 Å². The van der Waals surface area contributed by atoms with Crippen LogP contribution in [-0.2, 0) is 20.7 Å². The molecule has 43 heavy (non-hydrogen) atoms. The second-order valence-electron chi connectivity index (χ2n) is 10.5. The van der Waals surface area contributed by atoms with Gasteiger partial charge in [0.1, 0.15) is 5.75 Å². The molecule has 1 amide bonds. The van der Waals surface area contributed by atoms with E-state index in [0.29, 0.717) is 37.6 Å². The van der Waals surface area contributed by atoms with E-state index >= 15 is 0 Å². The summed E-state index contributed by atoms with van der Waals surface area (Å²) in [5.41, 5.74) is 7.34. The van der Waals surface area contributed by atoms with Crippen LogP contribution < -0.4 is 15.6 Å². The van der Waals surface area contributed by atoms with Crippen LogP contribution in [0.3, 0.4) is 0 Å². The first-order valence-electron chi connectivity index (χ1n) is 14.4. The van der Waals surface area contributed by atoms with Crippen molar-refractivity contribution in [2.45, 2.75) is 24.5 Å². The molecule has 0 unspecified atom stereocenters. The van der Waals surface area contributed by atoms with E-state index in [1.54, 1.807) is 0 Å². The van der Waals surface area contributed by atoms with Gasteiger partial charge in [-0.1, -0.05) is 56.1 Å². The number of nitrogens with one attached hydrogen (secondary N) is 2. The zero-order valence-corrected chi connectivity index (χ0v) is 27.0. The minimum absolute atomic E-state index is 0.0742. The van der Waals surface area contributed by atoms with Crippen LogP contribution in [0.1, 0.15) is 29.2 Å². The maximum absolute atomic E-state index is 14.3. The van der Waals surface area contributed by atoms with Crippen molar-refractivity contribution in [2.75, 3.05) is 52.6 Å². The van der Waals surface area contributed by atoms with E-state index in [9.17, 15) is 4.79 Å². The van der Waals surface area contributed by atoms with E-state index < -0.39 is 11.6 Å². The van der Waals surface area contributed by atoms with Crippen molar-refractivity contribution in [1.82, 2.24) is 15.8 Å². The predicted octanol–water partition coefficient (Wildman–Crippen LogP) is 4.43. The van der Waals surface area contributed by atoms with E-state index in [2.05, 4.69) is 47.6 Å². The van der Waals surface area contributed by atoms with E-state index in [0.717, 1.165) is 58.5 Å². The standard InChI is InChI=1S/C32H36Br2N4O5/c33-26-8-2-23(3-9-26)22-32(31(40)37-35-14-15-38-16-20-41-21-17-38)29(24-4-10-27(34)11-5-24)43-30(36-32)25-6-12-28(13-7-25)42-19-1-18-39/h2-13,29,35,39H,1,14-22H2,(H,37,40)/t29-,32-/m0/s1. The maximum atomic E-state index is 14.3. The number of carbonyl (C=O) groups is 1. The molecular formula is C32H36Br2N4O5. The number of ether oxygens (including phenoxy) is 3. The zero-order valence-electron chi connectivity index (χ0n) is 23.8. The Morgan fingerprint density at radius 2 is 1.67 bits per heavy atom. The van der Waals surface area contributed by atoms with Crippen LogP contribution in [0.4, 0.5) is 0 Å². The van der Waals surface area contributed by atoms with Gasteiger partial charge in [0, 0.05) is 60.1 Å². The van der Waals surface area contributed by atoms with Crippen molar-refractivity contribution < 1.29 is 24.1 Å². The fraction of sp³-hybridized carbons (Fsp3) is 0.375. The number of morpholine rings is 1. The number of carbonyl (C=O) groups excluding carboxylic acids is 1. The summed E-state index contributed by atoms with van der Waals surface area (Å²) >= 11 is 7.04. The molecule has 2 aliphatic heterocycles. The molecular weight excluding hydrogens is 680 g/mol. The molecule has 1 saturated heterocycles. The van der Waals surface area contributed by atoms with Gasteiger partial charge >= 0.3 is 0 Å². The van der Waals surface area contributed by atoms with Crippen molar-refractivity contribution in [3.8, 4) is 5.75 Å². The Morgan fingerprint density at radius 1 is 1.00 bits per heavy atom. The van der Waals surface area contributed by atoms with E-state index in [1.165, 1.54) is 0 Å². The molecule has 3 aromatic carbocycles. The van der Waals surface area contributed by atoms with Crippen LogP contribution >= 0.6 is 31.9 Å². The largest absolute Gasteiger partial charge is 0.494 e. The SMILES string of the molecule is O=C(NNCCN1CCOCC1)[C@@]1(Cc2ccc(Br)cc2)N=C(c2ccc(OCCCO)cc2)O[C@H]1c1ccc(Br)cc1. The molecule has 0 spiro atoms. The number of aliphatic hydroxyl groups excluding tert-OH is 1. The molecule has 0 radical (unpaired) electrons. The van der Waals surface area contributed by atoms with Gasteiger partial charge in [-0.2, -0.15) is 0 Å². The topological polar surface area (TPSA) is 105 Å². The van der Waals surface area contributed by atoms with Gasteiger partial charge in [0.15, 0.2) is 11.6 Å². The number of amides is 1. The Balaban J connectivity index is 1.45. The summed E-state index contributed by atoms with van der Waals surface area (Å²) in [5.74, 6) is 0.795. The second kappa shape index (κ2) is 15.3. The molecule has 0 aromatic heterocycles. The van der Waals surface area contributed by atoms with Crippen LogP contribution in [-0.4, -0.2) is 80.0 Å². The maximum Gasteiger partial charge on any atom is 0.266 e. The predicted molar refractivity (Wildman–Crippen MR) is 172 cm³/mol. The van der Waals surface area contributed by atoms with Gasteiger partial charge in [-0.05, 0) is 59.7 Å². The first-order chi connectivity index (χ1) is 21.0. The summed E-state index contributed by atoms with van der Waals surface area (Å²) in [5, 5.41) is 9.05. The first kappa shape index (κ1) is 31.6. The highest BCUT2D eigenvalue weighted by Gasteiger charge is 2.53. The van der Waals surface area contributed by atoms with E-state index in [1.807, 2.05) is 72.8 Å². The molecule has 3 N–H and O–H groups in total. The highest BCUT2D eigenvalue weighted by atomic mass is 79.9. The molecule has 1 fully saturated rings. The molecule has 2 heterocycles. The summed E-state index contributed by atoms with van der Waals surface area (Å²) in [6.45, 7) is 5.07. The summed E-state index contributed by atoms with van der Waals surface area (Å²) in [6, 6.07) is 23.2. The third-order valence-corrected chi connectivity index (χ3v) is 8.51. The lowest BCUT2D eigenvalue weighted by atomic mass is 9.82. The number of nitrogens with zero attached hydrogens (tertiary/aromatic N) is 2. The minimum Gasteiger partial charge on any atom is -0.494 e.